The third-order valence-electron chi connectivity index (χ3n) is 7.94. The van der Waals surface area contributed by atoms with E-state index in [2.05, 4.69) is 12.1 Å². The summed E-state index contributed by atoms with van der Waals surface area (Å²) in [6, 6.07) is 15.4. The summed E-state index contributed by atoms with van der Waals surface area (Å²) in [5.74, 6) is 0.0801. The van der Waals surface area contributed by atoms with Crippen LogP contribution >= 0.6 is 0 Å². The van der Waals surface area contributed by atoms with E-state index in [4.69, 9.17) is 0 Å². The molecular weight excluding hydrogens is 442 g/mol. The van der Waals surface area contributed by atoms with Crippen LogP contribution in [0.2, 0.25) is 0 Å². The second-order valence-electron chi connectivity index (χ2n) is 10.2. The first-order valence-electron chi connectivity index (χ1n) is 12.5. The smallest absolute Gasteiger partial charge is 0.253 e. The standard InChI is InChI=1S/C28H33N3O4/c1-29(2)27(34)22-13-9-19(10-14-22)18-7-11-20(12-8-18)26-23-15-30(28(35)21-5-3-4-6-21)16-25(33)31(23)24(26)17-32/h7-14,21,23-24,26,32H,3-6,15-17H2,1-2H3/t23-,24-,26+/m0/s1. The second kappa shape index (κ2) is 9.46. The van der Waals surface area contributed by atoms with Gasteiger partial charge in [0.15, 0.2) is 0 Å². The summed E-state index contributed by atoms with van der Waals surface area (Å²) in [6.45, 7) is 0.568. The van der Waals surface area contributed by atoms with E-state index < -0.39 is 0 Å². The summed E-state index contributed by atoms with van der Waals surface area (Å²) in [5.41, 5.74) is 3.76. The fraction of sp³-hybridized carbons (Fsp3) is 0.464. The lowest BCUT2D eigenvalue weighted by Crippen LogP contribution is -2.73. The largest absolute Gasteiger partial charge is 0.394 e. The quantitative estimate of drug-likeness (QED) is 0.721. The number of nitrogens with zero attached hydrogens (tertiary/aromatic N) is 3. The fourth-order valence-corrected chi connectivity index (χ4v) is 6.06. The third kappa shape index (κ3) is 4.22. The van der Waals surface area contributed by atoms with Crippen LogP contribution in [-0.2, 0) is 9.59 Å². The van der Waals surface area contributed by atoms with Crippen LogP contribution in [0.5, 0.6) is 0 Å². The zero-order valence-electron chi connectivity index (χ0n) is 20.4. The number of carbonyl (C=O) groups is 3. The summed E-state index contributed by atoms with van der Waals surface area (Å²) in [5, 5.41) is 10.1. The minimum atomic E-state index is -0.251. The van der Waals surface area contributed by atoms with Gasteiger partial charge >= 0.3 is 0 Å². The zero-order valence-corrected chi connectivity index (χ0v) is 20.4. The highest BCUT2D eigenvalue weighted by Gasteiger charge is 2.54. The molecule has 2 aromatic rings. The van der Waals surface area contributed by atoms with Crippen molar-refractivity contribution in [1.29, 1.82) is 0 Å². The summed E-state index contributed by atoms with van der Waals surface area (Å²) in [4.78, 5) is 43.1. The molecule has 3 fully saturated rings. The number of aliphatic hydroxyl groups is 1. The number of carbonyl (C=O) groups excluding carboxylic acids is 3. The van der Waals surface area contributed by atoms with Crippen LogP contribution in [-0.4, -0.2) is 83.4 Å². The van der Waals surface area contributed by atoms with Crippen molar-refractivity contribution in [3.05, 3.63) is 59.7 Å². The van der Waals surface area contributed by atoms with Gasteiger partial charge in [0, 0.05) is 38.0 Å². The Morgan fingerprint density at radius 3 is 2.14 bits per heavy atom. The van der Waals surface area contributed by atoms with Crippen LogP contribution < -0.4 is 0 Å². The summed E-state index contributed by atoms with van der Waals surface area (Å²) >= 11 is 0. The molecule has 1 saturated carbocycles. The highest BCUT2D eigenvalue weighted by atomic mass is 16.3. The predicted octanol–water partition coefficient (Wildman–Crippen LogP) is 2.74. The predicted molar refractivity (Wildman–Crippen MR) is 133 cm³/mol. The monoisotopic (exact) mass is 475 g/mol. The van der Waals surface area contributed by atoms with Gasteiger partial charge in [-0.15, -0.1) is 0 Å². The van der Waals surface area contributed by atoms with E-state index in [1.165, 1.54) is 0 Å². The average molecular weight is 476 g/mol. The summed E-state index contributed by atoms with van der Waals surface area (Å²) in [7, 11) is 3.47. The van der Waals surface area contributed by atoms with Gasteiger partial charge in [-0.3, -0.25) is 14.4 Å². The Kier molecular flexibility index (Phi) is 6.36. The topological polar surface area (TPSA) is 81.2 Å². The Balaban J connectivity index is 1.33. The zero-order chi connectivity index (χ0) is 24.7. The number of rotatable bonds is 5. The van der Waals surface area contributed by atoms with Crippen LogP contribution in [0.25, 0.3) is 11.1 Å². The van der Waals surface area contributed by atoms with Crippen LogP contribution in [0.1, 0.15) is 47.5 Å². The SMILES string of the molecule is CN(C)C(=O)c1ccc(-c2ccc([C@H]3[C@H](CO)N4C(=O)CN(C(=O)C5CCCC5)C[C@@H]34)cc2)cc1. The first-order valence-corrected chi connectivity index (χ1v) is 12.5. The van der Waals surface area contributed by atoms with E-state index in [0.29, 0.717) is 12.1 Å². The molecule has 2 saturated heterocycles. The lowest BCUT2D eigenvalue weighted by Gasteiger charge is -2.59. The molecule has 0 spiro atoms. The minimum absolute atomic E-state index is 0.00253. The molecule has 35 heavy (non-hydrogen) atoms. The highest BCUT2D eigenvalue weighted by molar-refractivity contribution is 5.94. The normalized spacial score (nSPS) is 24.2. The highest BCUT2D eigenvalue weighted by Crippen LogP contribution is 2.43. The Bertz CT molecular complexity index is 1110. The average Bonchev–Trinajstić information content (AvgIpc) is 3.40. The Hall–Kier alpha value is -3.19. The summed E-state index contributed by atoms with van der Waals surface area (Å²) in [6.07, 6.45) is 4.02. The van der Waals surface area contributed by atoms with Gasteiger partial charge in [0.2, 0.25) is 11.8 Å². The van der Waals surface area contributed by atoms with Gasteiger partial charge in [0.1, 0.15) is 0 Å². The maximum Gasteiger partial charge on any atom is 0.253 e. The molecule has 0 radical (unpaired) electrons. The van der Waals surface area contributed by atoms with E-state index in [1.807, 2.05) is 36.4 Å². The van der Waals surface area contributed by atoms with E-state index in [1.54, 1.807) is 28.8 Å². The number of aliphatic hydroxyl groups excluding tert-OH is 1. The molecule has 5 rings (SSSR count). The van der Waals surface area contributed by atoms with Gasteiger partial charge < -0.3 is 19.8 Å². The third-order valence-corrected chi connectivity index (χ3v) is 7.94. The van der Waals surface area contributed by atoms with Crippen molar-refractivity contribution in [2.45, 2.75) is 43.7 Å². The van der Waals surface area contributed by atoms with E-state index >= 15 is 0 Å². The van der Waals surface area contributed by atoms with Gasteiger partial charge in [-0.25, -0.2) is 0 Å². The molecular formula is C28H33N3O4. The molecule has 7 nitrogen and oxygen atoms in total. The van der Waals surface area contributed by atoms with Crippen LogP contribution in [0.4, 0.5) is 0 Å². The van der Waals surface area contributed by atoms with Gasteiger partial charge in [-0.2, -0.15) is 0 Å². The molecule has 7 heteroatoms. The lowest BCUT2D eigenvalue weighted by molar-refractivity contribution is -0.168. The molecule has 0 aromatic heterocycles. The second-order valence-corrected chi connectivity index (χ2v) is 10.2. The Labute approximate surface area is 206 Å². The molecule has 2 aliphatic heterocycles. The molecule has 2 heterocycles. The van der Waals surface area contributed by atoms with Crippen molar-refractivity contribution < 1.29 is 19.5 Å². The van der Waals surface area contributed by atoms with Gasteiger partial charge in [0.05, 0.1) is 25.2 Å². The van der Waals surface area contributed by atoms with Crippen molar-refractivity contribution in [3.63, 3.8) is 0 Å². The molecule has 3 amide bonds. The van der Waals surface area contributed by atoms with E-state index in [-0.39, 0.29) is 54.8 Å². The van der Waals surface area contributed by atoms with Gasteiger partial charge in [0.25, 0.3) is 5.91 Å². The van der Waals surface area contributed by atoms with Crippen molar-refractivity contribution in [1.82, 2.24) is 14.7 Å². The first-order chi connectivity index (χ1) is 16.9. The molecule has 2 aromatic carbocycles. The maximum absolute atomic E-state index is 13.0. The minimum Gasteiger partial charge on any atom is -0.394 e. The van der Waals surface area contributed by atoms with Crippen molar-refractivity contribution in [2.24, 2.45) is 5.92 Å². The molecule has 1 N–H and O–H groups in total. The molecule has 184 valence electrons. The molecule has 0 bridgehead atoms. The van der Waals surface area contributed by atoms with Crippen molar-refractivity contribution in [2.75, 3.05) is 33.8 Å². The van der Waals surface area contributed by atoms with Crippen molar-refractivity contribution in [3.8, 4) is 11.1 Å². The lowest BCUT2D eigenvalue weighted by atomic mass is 9.73. The summed E-state index contributed by atoms with van der Waals surface area (Å²) < 4.78 is 0. The number of fused-ring (bicyclic) bond motifs is 1. The van der Waals surface area contributed by atoms with E-state index in [9.17, 15) is 19.5 Å². The van der Waals surface area contributed by atoms with Crippen LogP contribution in [0.15, 0.2) is 48.5 Å². The molecule has 0 unspecified atom stereocenters. The van der Waals surface area contributed by atoms with Gasteiger partial charge in [-0.05, 0) is 41.7 Å². The van der Waals surface area contributed by atoms with E-state index in [0.717, 1.165) is 42.4 Å². The Morgan fingerprint density at radius 1 is 0.971 bits per heavy atom. The number of hydrogen-bond acceptors (Lipinski definition) is 4. The van der Waals surface area contributed by atoms with Crippen molar-refractivity contribution >= 4 is 17.7 Å². The molecule has 1 aliphatic carbocycles. The number of amides is 3. The van der Waals surface area contributed by atoms with Gasteiger partial charge in [-0.1, -0.05) is 49.2 Å². The number of benzene rings is 2. The first kappa shape index (κ1) is 23.5. The Morgan fingerprint density at radius 2 is 1.57 bits per heavy atom. The number of hydrogen-bond donors (Lipinski definition) is 1. The maximum atomic E-state index is 13.0. The molecule has 3 atom stereocenters. The van der Waals surface area contributed by atoms with Crippen LogP contribution in [0, 0.1) is 5.92 Å². The molecule has 3 aliphatic rings. The van der Waals surface area contributed by atoms with Crippen LogP contribution in [0.3, 0.4) is 0 Å². The number of piperazine rings is 1. The fourth-order valence-electron chi connectivity index (χ4n) is 6.06.